The van der Waals surface area contributed by atoms with Crippen molar-refractivity contribution in [1.82, 2.24) is 0 Å². The lowest BCUT2D eigenvalue weighted by Crippen LogP contribution is -2.31. The molecule has 1 N–H and O–H groups in total. The number of carboxylic acids is 1. The third kappa shape index (κ3) is 5.55. The maximum atomic E-state index is 11.4. The molecule has 0 aliphatic carbocycles. The van der Waals surface area contributed by atoms with Crippen molar-refractivity contribution in [2.24, 2.45) is 0 Å². The number of ether oxygens (including phenoxy) is 2. The molecule has 0 fully saturated rings. The average molecular weight is 467 g/mol. The van der Waals surface area contributed by atoms with Crippen LogP contribution in [-0.2, 0) is 10.2 Å². The summed E-state index contributed by atoms with van der Waals surface area (Å²) in [6.07, 6.45) is 0.212. The van der Waals surface area contributed by atoms with E-state index in [0.29, 0.717) is 30.9 Å². The van der Waals surface area contributed by atoms with Gasteiger partial charge < -0.3 is 14.6 Å². The number of aliphatic carboxylic acids is 1. The number of carboxylic acid groups (broad SMARTS) is 1. The van der Waals surface area contributed by atoms with Gasteiger partial charge in [0, 0.05) is 11.5 Å². The number of rotatable bonds is 11. The summed E-state index contributed by atoms with van der Waals surface area (Å²) in [7, 11) is 0. The van der Waals surface area contributed by atoms with Gasteiger partial charge in [0.25, 0.3) is 0 Å². The lowest BCUT2D eigenvalue weighted by Gasteiger charge is -2.36. The summed E-state index contributed by atoms with van der Waals surface area (Å²) in [5.74, 6) is 0.153. The van der Waals surface area contributed by atoms with Crippen LogP contribution in [0, 0.1) is 0 Å². The van der Waals surface area contributed by atoms with Crippen molar-refractivity contribution < 1.29 is 19.4 Å². The molecular weight excluding hydrogens is 436 g/mol. The second-order valence-corrected chi connectivity index (χ2v) is 8.43. The molecule has 0 saturated heterocycles. The number of hydrogen-bond donors (Lipinski definition) is 1. The van der Waals surface area contributed by atoms with Crippen LogP contribution in [0.25, 0.3) is 0 Å². The van der Waals surface area contributed by atoms with Crippen LogP contribution >= 0.6 is 0 Å². The molecule has 178 valence electrons. The molecule has 1 unspecified atom stereocenters. The Morgan fingerprint density at radius 2 is 1.23 bits per heavy atom. The summed E-state index contributed by atoms with van der Waals surface area (Å²) >= 11 is 0. The first kappa shape index (κ1) is 24.1. The van der Waals surface area contributed by atoms with E-state index in [1.807, 2.05) is 30.3 Å². The van der Waals surface area contributed by atoms with Crippen LogP contribution in [-0.4, -0.2) is 23.8 Å². The predicted molar refractivity (Wildman–Crippen MR) is 138 cm³/mol. The highest BCUT2D eigenvalue weighted by atomic mass is 16.5. The van der Waals surface area contributed by atoms with Gasteiger partial charge in [-0.15, -0.1) is 0 Å². The van der Waals surface area contributed by atoms with Gasteiger partial charge in [0.05, 0.1) is 6.61 Å². The SMILES string of the molecule is CCC(Oc1cccc(OCCC(c2ccccc2)(c2ccccc2)c2ccccc2)c1)C(=O)O. The van der Waals surface area contributed by atoms with Crippen LogP contribution in [0.15, 0.2) is 115 Å². The van der Waals surface area contributed by atoms with Gasteiger partial charge in [-0.1, -0.05) is 104 Å². The molecule has 0 saturated carbocycles. The molecule has 0 heterocycles. The highest BCUT2D eigenvalue weighted by molar-refractivity contribution is 5.72. The summed E-state index contributed by atoms with van der Waals surface area (Å²) in [6.45, 7) is 2.24. The molecule has 4 rings (SSSR count). The van der Waals surface area contributed by atoms with Crippen molar-refractivity contribution in [2.45, 2.75) is 31.3 Å². The minimum absolute atomic E-state index is 0.383. The van der Waals surface area contributed by atoms with Crippen LogP contribution in [0.3, 0.4) is 0 Å². The Hall–Kier alpha value is -4.05. The lowest BCUT2D eigenvalue weighted by molar-refractivity contribution is -0.145. The van der Waals surface area contributed by atoms with Crippen LogP contribution in [0.4, 0.5) is 0 Å². The summed E-state index contributed by atoms with van der Waals surface area (Å²) in [5.41, 5.74) is 3.20. The molecule has 4 heteroatoms. The van der Waals surface area contributed by atoms with Gasteiger partial charge in [0.2, 0.25) is 0 Å². The molecular formula is C31H30O4. The fourth-order valence-electron chi connectivity index (χ4n) is 4.53. The summed E-state index contributed by atoms with van der Waals surface area (Å²) in [5, 5.41) is 9.30. The zero-order chi connectivity index (χ0) is 24.5. The van der Waals surface area contributed by atoms with E-state index in [9.17, 15) is 9.90 Å². The molecule has 0 bridgehead atoms. The summed E-state index contributed by atoms with van der Waals surface area (Å²) in [6, 6.07) is 38.8. The summed E-state index contributed by atoms with van der Waals surface area (Å²) < 4.78 is 11.9. The van der Waals surface area contributed by atoms with Gasteiger partial charge in [-0.2, -0.15) is 0 Å². The second-order valence-electron chi connectivity index (χ2n) is 8.43. The Labute approximate surface area is 206 Å². The van der Waals surface area contributed by atoms with Gasteiger partial charge in [0.1, 0.15) is 11.5 Å². The molecule has 0 spiro atoms. The lowest BCUT2D eigenvalue weighted by atomic mass is 9.67. The first-order valence-electron chi connectivity index (χ1n) is 11.9. The molecule has 0 radical (unpaired) electrons. The molecule has 1 atom stereocenters. The highest BCUT2D eigenvalue weighted by Crippen LogP contribution is 2.42. The van der Waals surface area contributed by atoms with Crippen LogP contribution in [0.5, 0.6) is 11.5 Å². The standard InChI is InChI=1S/C31H30O4/c1-2-29(30(32)33)35-28-20-12-19-27(23-28)34-22-21-31(24-13-6-3-7-14-24,25-15-8-4-9-16-25)26-17-10-5-11-18-26/h3-20,23,29H,2,21-22H2,1H3,(H,32,33). The topological polar surface area (TPSA) is 55.8 Å². The molecule has 0 amide bonds. The van der Waals surface area contributed by atoms with Crippen molar-refractivity contribution in [3.8, 4) is 11.5 Å². The Morgan fingerprint density at radius 1 is 0.743 bits per heavy atom. The van der Waals surface area contributed by atoms with Crippen molar-refractivity contribution >= 4 is 5.97 Å². The zero-order valence-electron chi connectivity index (χ0n) is 19.8. The van der Waals surface area contributed by atoms with Crippen LogP contribution in [0.2, 0.25) is 0 Å². The molecule has 35 heavy (non-hydrogen) atoms. The second kappa shape index (κ2) is 11.4. The Balaban J connectivity index is 1.63. The van der Waals surface area contributed by atoms with Crippen molar-refractivity contribution in [2.75, 3.05) is 6.61 Å². The van der Waals surface area contributed by atoms with Gasteiger partial charge in [-0.25, -0.2) is 4.79 Å². The van der Waals surface area contributed by atoms with Gasteiger partial charge in [-0.05, 0) is 41.7 Å². The van der Waals surface area contributed by atoms with E-state index >= 15 is 0 Å². The quantitative estimate of drug-likeness (QED) is 0.249. The Kier molecular flexibility index (Phi) is 7.84. The van der Waals surface area contributed by atoms with Crippen LogP contribution in [0.1, 0.15) is 36.5 Å². The molecule has 4 aromatic rings. The maximum absolute atomic E-state index is 11.4. The van der Waals surface area contributed by atoms with E-state index in [4.69, 9.17) is 9.47 Å². The Bertz CT molecular complexity index is 1110. The van der Waals surface area contributed by atoms with E-state index < -0.39 is 17.5 Å². The van der Waals surface area contributed by atoms with Crippen molar-refractivity contribution in [3.63, 3.8) is 0 Å². The molecule has 4 aromatic carbocycles. The Morgan fingerprint density at radius 3 is 1.69 bits per heavy atom. The minimum atomic E-state index is -0.975. The highest BCUT2D eigenvalue weighted by Gasteiger charge is 2.36. The van der Waals surface area contributed by atoms with Crippen molar-refractivity contribution in [3.05, 3.63) is 132 Å². The molecule has 0 aliphatic rings. The minimum Gasteiger partial charge on any atom is -0.493 e. The smallest absolute Gasteiger partial charge is 0.344 e. The van der Waals surface area contributed by atoms with Crippen LogP contribution < -0.4 is 9.47 Å². The fraction of sp³-hybridized carbons (Fsp3) is 0.194. The van der Waals surface area contributed by atoms with Gasteiger partial charge in [-0.3, -0.25) is 0 Å². The van der Waals surface area contributed by atoms with Gasteiger partial charge >= 0.3 is 5.97 Å². The van der Waals surface area contributed by atoms with E-state index in [0.717, 1.165) is 0 Å². The third-order valence-corrected chi connectivity index (χ3v) is 6.28. The normalized spacial score (nSPS) is 12.0. The predicted octanol–water partition coefficient (Wildman–Crippen LogP) is 6.73. The monoisotopic (exact) mass is 466 g/mol. The zero-order valence-corrected chi connectivity index (χ0v) is 19.8. The molecule has 0 aliphatic heterocycles. The molecule has 0 aromatic heterocycles. The van der Waals surface area contributed by atoms with Gasteiger partial charge in [0.15, 0.2) is 6.10 Å². The first-order chi connectivity index (χ1) is 17.1. The van der Waals surface area contributed by atoms with E-state index in [1.165, 1.54) is 16.7 Å². The van der Waals surface area contributed by atoms with Crippen molar-refractivity contribution in [1.29, 1.82) is 0 Å². The first-order valence-corrected chi connectivity index (χ1v) is 11.9. The fourth-order valence-corrected chi connectivity index (χ4v) is 4.53. The average Bonchev–Trinajstić information content (AvgIpc) is 2.91. The van der Waals surface area contributed by atoms with E-state index in [-0.39, 0.29) is 0 Å². The number of hydrogen-bond acceptors (Lipinski definition) is 3. The number of carbonyl (C=O) groups is 1. The largest absolute Gasteiger partial charge is 0.493 e. The number of benzene rings is 4. The third-order valence-electron chi connectivity index (χ3n) is 6.28. The van der Waals surface area contributed by atoms with E-state index in [1.54, 1.807) is 19.1 Å². The molecule has 4 nitrogen and oxygen atoms in total. The maximum Gasteiger partial charge on any atom is 0.344 e. The summed E-state index contributed by atoms with van der Waals surface area (Å²) in [4.78, 5) is 11.4. The van der Waals surface area contributed by atoms with E-state index in [2.05, 4.69) is 72.8 Å².